The van der Waals surface area contributed by atoms with Crippen LogP contribution in [-0.2, 0) is 6.18 Å². The molecule has 1 aliphatic heterocycles. The number of benzene rings is 1. The largest absolute Gasteiger partial charge is 0.471 e. The summed E-state index contributed by atoms with van der Waals surface area (Å²) in [6.07, 6.45) is -3.34. The maximum atomic E-state index is 13.0. The Morgan fingerprint density at radius 1 is 1.05 bits per heavy atom. The van der Waals surface area contributed by atoms with Gasteiger partial charge in [-0.2, -0.15) is 18.2 Å². The van der Waals surface area contributed by atoms with Gasteiger partial charge in [0.15, 0.2) is 5.76 Å². The number of amides is 2. The summed E-state index contributed by atoms with van der Waals surface area (Å²) >= 11 is 6.29. The average Bonchev–Trinajstić information content (AvgIpc) is 3.53. The molecule has 4 aromatic rings. The molecule has 192 valence electrons. The molecule has 0 bridgehead atoms. The van der Waals surface area contributed by atoms with Crippen molar-refractivity contribution < 1.29 is 27.0 Å². The number of rotatable bonds is 4. The van der Waals surface area contributed by atoms with Crippen LogP contribution >= 0.6 is 11.6 Å². The summed E-state index contributed by atoms with van der Waals surface area (Å²) in [5.74, 6) is -0.552. The number of halogens is 4. The number of carbonyl (C=O) groups is 1. The first kappa shape index (κ1) is 24.6. The zero-order valence-corrected chi connectivity index (χ0v) is 20.0. The molecule has 5 rings (SSSR count). The van der Waals surface area contributed by atoms with Crippen molar-refractivity contribution >= 4 is 29.1 Å². The Morgan fingerprint density at radius 3 is 2.46 bits per heavy atom. The summed E-state index contributed by atoms with van der Waals surface area (Å²) in [6.45, 7) is 3.54. The number of nitrogens with one attached hydrogen (secondary N) is 1. The van der Waals surface area contributed by atoms with Crippen molar-refractivity contribution in [1.29, 1.82) is 0 Å². The number of aromatic nitrogens is 4. The van der Waals surface area contributed by atoms with E-state index in [2.05, 4.69) is 30.1 Å². The lowest BCUT2D eigenvalue weighted by Crippen LogP contribution is -2.50. The highest BCUT2D eigenvalue weighted by molar-refractivity contribution is 6.33. The summed E-state index contributed by atoms with van der Waals surface area (Å²) in [7, 11) is 0. The van der Waals surface area contributed by atoms with E-state index in [1.807, 2.05) is 11.0 Å². The molecule has 0 saturated carbocycles. The summed E-state index contributed by atoms with van der Waals surface area (Å²) < 4.78 is 47.6. The lowest BCUT2D eigenvalue weighted by Gasteiger charge is -2.35. The maximum absolute atomic E-state index is 13.0. The van der Waals surface area contributed by atoms with E-state index in [1.54, 1.807) is 42.2 Å². The molecule has 0 unspecified atom stereocenters. The molecule has 14 heteroatoms. The first-order chi connectivity index (χ1) is 17.7. The monoisotopic (exact) mass is 533 g/mol. The third kappa shape index (κ3) is 5.07. The van der Waals surface area contributed by atoms with Crippen LogP contribution in [0.2, 0.25) is 5.02 Å². The number of pyridine rings is 1. The number of aryl methyl sites for hydroxylation is 1. The van der Waals surface area contributed by atoms with Crippen LogP contribution in [0, 0.1) is 6.92 Å². The Hall–Kier alpha value is -4.13. The van der Waals surface area contributed by atoms with Crippen LogP contribution in [0.15, 0.2) is 51.6 Å². The summed E-state index contributed by atoms with van der Waals surface area (Å²) in [4.78, 5) is 24.3. The van der Waals surface area contributed by atoms with Gasteiger partial charge in [0, 0.05) is 43.5 Å². The fourth-order valence-corrected chi connectivity index (χ4v) is 4.07. The Labute approximate surface area is 213 Å². The van der Waals surface area contributed by atoms with Gasteiger partial charge in [-0.25, -0.2) is 9.78 Å². The van der Waals surface area contributed by atoms with Crippen LogP contribution in [0.4, 0.5) is 29.5 Å². The third-order valence-electron chi connectivity index (χ3n) is 5.79. The van der Waals surface area contributed by atoms with Crippen LogP contribution in [-0.4, -0.2) is 57.4 Å². The predicted molar refractivity (Wildman–Crippen MR) is 127 cm³/mol. The van der Waals surface area contributed by atoms with Gasteiger partial charge in [-0.05, 0) is 25.1 Å². The van der Waals surface area contributed by atoms with E-state index in [-0.39, 0.29) is 11.9 Å². The van der Waals surface area contributed by atoms with E-state index in [0.717, 1.165) is 0 Å². The van der Waals surface area contributed by atoms with E-state index in [4.69, 9.17) is 16.1 Å². The van der Waals surface area contributed by atoms with Crippen molar-refractivity contribution in [2.45, 2.75) is 13.1 Å². The molecule has 4 heterocycles. The van der Waals surface area contributed by atoms with Crippen LogP contribution in [0.5, 0.6) is 0 Å². The van der Waals surface area contributed by atoms with Crippen LogP contribution in [0.3, 0.4) is 0 Å². The molecule has 0 aliphatic carbocycles. The number of anilines is 2. The van der Waals surface area contributed by atoms with Crippen molar-refractivity contribution in [2.75, 3.05) is 36.4 Å². The summed E-state index contributed by atoms with van der Waals surface area (Å²) in [5.41, 5.74) is 1.83. The van der Waals surface area contributed by atoms with Gasteiger partial charge in [0.05, 0.1) is 5.02 Å². The Balaban J connectivity index is 1.21. The van der Waals surface area contributed by atoms with E-state index >= 15 is 0 Å². The maximum Gasteiger partial charge on any atom is 0.471 e. The van der Waals surface area contributed by atoms with Crippen molar-refractivity contribution in [3.05, 3.63) is 59.3 Å². The van der Waals surface area contributed by atoms with Crippen LogP contribution in [0.1, 0.15) is 11.7 Å². The Bertz CT molecular complexity index is 1410. The van der Waals surface area contributed by atoms with Crippen molar-refractivity contribution in [2.24, 2.45) is 0 Å². The molecule has 3 aromatic heterocycles. The van der Waals surface area contributed by atoms with Gasteiger partial charge in [0.1, 0.15) is 17.2 Å². The quantitative estimate of drug-likeness (QED) is 0.384. The fraction of sp³-hybridized carbons (Fsp3) is 0.261. The lowest BCUT2D eigenvalue weighted by molar-refractivity contribution is -0.159. The molecule has 2 amide bonds. The number of piperazine rings is 1. The Morgan fingerprint density at radius 2 is 1.81 bits per heavy atom. The van der Waals surface area contributed by atoms with E-state index < -0.39 is 12.1 Å². The standard InChI is InChI=1S/C23H19ClF3N7O3/c1-13-18(19(31-36-13)15-4-2-3-5-16(15)24)29-22(35)34-10-8-33(9-11-34)17-7-6-14(12-28-17)20-30-21(37-32-20)23(25,26)27/h2-7,12H,8-11H2,1H3,(H,29,35). The molecule has 1 N–H and O–H groups in total. The SMILES string of the molecule is Cc1onc(-c2ccccc2Cl)c1NC(=O)N1CCN(c2ccc(-c3noc(C(F)(F)F)n3)cn2)CC1. The molecule has 0 atom stereocenters. The predicted octanol–water partition coefficient (Wildman–Crippen LogP) is 5.12. The smallest absolute Gasteiger partial charge is 0.359 e. The second-order valence-electron chi connectivity index (χ2n) is 8.17. The van der Waals surface area contributed by atoms with Gasteiger partial charge in [-0.15, -0.1) is 0 Å². The number of carbonyl (C=O) groups excluding carboxylic acids is 1. The minimum absolute atomic E-state index is 0.201. The molecule has 37 heavy (non-hydrogen) atoms. The lowest BCUT2D eigenvalue weighted by atomic mass is 10.1. The van der Waals surface area contributed by atoms with Crippen LogP contribution in [0.25, 0.3) is 22.6 Å². The molecule has 1 aliphatic rings. The van der Waals surface area contributed by atoms with Gasteiger partial charge in [0.2, 0.25) is 5.82 Å². The fourth-order valence-electron chi connectivity index (χ4n) is 3.84. The van der Waals surface area contributed by atoms with Gasteiger partial charge < -0.3 is 24.2 Å². The topological polar surface area (TPSA) is 113 Å². The highest BCUT2D eigenvalue weighted by Crippen LogP contribution is 2.35. The highest BCUT2D eigenvalue weighted by Gasteiger charge is 2.38. The summed E-state index contributed by atoms with van der Waals surface area (Å²) in [6, 6.07) is 10.1. The number of alkyl halides is 3. The average molecular weight is 534 g/mol. The molecule has 10 nitrogen and oxygen atoms in total. The number of urea groups is 1. The summed E-state index contributed by atoms with van der Waals surface area (Å²) in [5, 5.41) is 10.8. The minimum atomic E-state index is -4.71. The Kier molecular flexibility index (Phi) is 6.46. The van der Waals surface area contributed by atoms with Crippen molar-refractivity contribution in [1.82, 2.24) is 25.2 Å². The van der Waals surface area contributed by atoms with E-state index in [1.165, 1.54) is 6.20 Å². The first-order valence-corrected chi connectivity index (χ1v) is 11.5. The van der Waals surface area contributed by atoms with Gasteiger partial charge in [-0.3, -0.25) is 0 Å². The van der Waals surface area contributed by atoms with E-state index in [9.17, 15) is 18.0 Å². The minimum Gasteiger partial charge on any atom is -0.359 e. The molecule has 0 spiro atoms. The first-order valence-electron chi connectivity index (χ1n) is 11.1. The molecule has 1 aromatic carbocycles. The molecule has 0 radical (unpaired) electrons. The number of hydrogen-bond donors (Lipinski definition) is 1. The number of nitrogens with zero attached hydrogens (tertiary/aromatic N) is 6. The van der Waals surface area contributed by atoms with Gasteiger partial charge >= 0.3 is 18.1 Å². The van der Waals surface area contributed by atoms with Crippen molar-refractivity contribution in [3.8, 4) is 22.6 Å². The molecular weight excluding hydrogens is 515 g/mol. The molecule has 1 saturated heterocycles. The second kappa shape index (κ2) is 9.73. The van der Waals surface area contributed by atoms with E-state index in [0.29, 0.717) is 65.3 Å². The van der Waals surface area contributed by atoms with Crippen LogP contribution < -0.4 is 10.2 Å². The van der Waals surface area contributed by atoms with Gasteiger partial charge in [0.25, 0.3) is 0 Å². The molecular formula is C23H19ClF3N7O3. The third-order valence-corrected chi connectivity index (χ3v) is 6.12. The zero-order valence-electron chi connectivity index (χ0n) is 19.3. The molecule has 1 fully saturated rings. The normalized spacial score (nSPS) is 14.2. The highest BCUT2D eigenvalue weighted by atomic mass is 35.5. The van der Waals surface area contributed by atoms with Gasteiger partial charge in [-0.1, -0.05) is 40.1 Å². The second-order valence-corrected chi connectivity index (χ2v) is 8.58. The van der Waals surface area contributed by atoms with Crippen molar-refractivity contribution in [3.63, 3.8) is 0 Å². The number of hydrogen-bond acceptors (Lipinski definition) is 8. The zero-order chi connectivity index (χ0) is 26.2.